The molecule has 3 saturated heterocycles. The molecule has 218 valence electrons. The molecule has 1 aromatic carbocycles. The Kier molecular flexibility index (Phi) is 6.71. The van der Waals surface area contributed by atoms with Gasteiger partial charge in [-0.15, -0.1) is 0 Å². The summed E-state index contributed by atoms with van der Waals surface area (Å²) in [6.45, 7) is 1.63. The fourth-order valence-electron chi connectivity index (χ4n) is 6.88. The molecule has 4 aromatic rings. The zero-order chi connectivity index (χ0) is 29.0. The van der Waals surface area contributed by atoms with E-state index in [1.807, 2.05) is 47.4 Å². The average Bonchev–Trinajstić information content (AvgIpc) is 3.55. The van der Waals surface area contributed by atoms with Crippen molar-refractivity contribution in [1.29, 1.82) is 0 Å². The van der Waals surface area contributed by atoms with Crippen molar-refractivity contribution in [1.82, 2.24) is 29.8 Å². The largest absolute Gasteiger partial charge is 0.382 e. The van der Waals surface area contributed by atoms with E-state index in [2.05, 4.69) is 15.4 Å². The normalized spacial score (nSPS) is 24.3. The van der Waals surface area contributed by atoms with E-state index in [0.29, 0.717) is 49.5 Å². The quantitative estimate of drug-likeness (QED) is 0.360. The van der Waals surface area contributed by atoms with Crippen LogP contribution in [0.15, 0.2) is 59.8 Å². The first-order valence-electron chi connectivity index (χ1n) is 14.3. The maximum atomic E-state index is 13.4. The molecule has 3 atom stereocenters. The van der Waals surface area contributed by atoms with Gasteiger partial charge in [-0.25, -0.2) is 13.4 Å². The number of aromatic nitrogens is 4. The van der Waals surface area contributed by atoms with Gasteiger partial charge < -0.3 is 20.7 Å². The van der Waals surface area contributed by atoms with Crippen LogP contribution in [0.4, 0.5) is 5.82 Å². The van der Waals surface area contributed by atoms with Crippen molar-refractivity contribution in [2.24, 2.45) is 0 Å². The van der Waals surface area contributed by atoms with Crippen LogP contribution in [-0.2, 0) is 19.4 Å². The zero-order valence-corrected chi connectivity index (χ0v) is 24.1. The smallest absolute Gasteiger partial charge is 0.242 e. The van der Waals surface area contributed by atoms with Crippen molar-refractivity contribution in [2.45, 2.75) is 54.6 Å². The molecule has 6 heterocycles. The van der Waals surface area contributed by atoms with Crippen LogP contribution >= 0.6 is 0 Å². The van der Waals surface area contributed by atoms with Gasteiger partial charge in [-0.1, -0.05) is 36.4 Å². The van der Waals surface area contributed by atoms with Crippen molar-refractivity contribution in [2.75, 3.05) is 31.7 Å². The highest BCUT2D eigenvalue weighted by Gasteiger charge is 2.47. The number of carbonyl (C=O) groups excluding carboxylic acids is 1. The summed E-state index contributed by atoms with van der Waals surface area (Å²) < 4.78 is 33.2. The van der Waals surface area contributed by atoms with Gasteiger partial charge in [-0.05, 0) is 31.7 Å². The number of nitrogen functional groups attached to an aromatic ring is 1. The summed E-state index contributed by atoms with van der Waals surface area (Å²) in [5, 5.41) is 7.71. The second kappa shape index (κ2) is 10.4. The second-order valence-corrected chi connectivity index (χ2v) is 13.4. The van der Waals surface area contributed by atoms with Crippen molar-refractivity contribution >= 4 is 27.2 Å². The predicted octanol–water partition coefficient (Wildman–Crippen LogP) is 2.67. The molecule has 0 radical (unpaired) electrons. The fourth-order valence-corrected chi connectivity index (χ4v) is 7.93. The number of hydrogen-bond acceptors (Lipinski definition) is 9. The summed E-state index contributed by atoms with van der Waals surface area (Å²) in [6, 6.07) is 13.5. The maximum absolute atomic E-state index is 13.4. The molecule has 1 amide bonds. The summed E-state index contributed by atoms with van der Waals surface area (Å²) in [6.07, 6.45) is 7.59. The number of nitrogens with two attached hydrogens (primary N) is 1. The first-order valence-corrected chi connectivity index (χ1v) is 16.2. The maximum Gasteiger partial charge on any atom is 0.242 e. The molecular formula is C30H33N7O4S. The molecule has 0 saturated carbocycles. The van der Waals surface area contributed by atoms with Crippen LogP contribution in [-0.4, -0.2) is 82.9 Å². The first-order chi connectivity index (χ1) is 20.3. The molecule has 0 aliphatic carbocycles. The SMILES string of the molecule is CS(=O)(=O)c1c(C2CC3CCC(C2)N3C(=O)[C@@H]2COCCN2)nc2c(-c3ccc(-c4ccccc4)nc3)cnn2c1N. The number of pyridine rings is 1. The van der Waals surface area contributed by atoms with Crippen molar-refractivity contribution in [3.8, 4) is 22.4 Å². The van der Waals surface area contributed by atoms with Gasteiger partial charge in [0, 0.05) is 53.7 Å². The number of carbonyl (C=O) groups is 1. The molecule has 11 nitrogen and oxygen atoms in total. The van der Waals surface area contributed by atoms with Gasteiger partial charge in [0.25, 0.3) is 0 Å². The molecule has 7 rings (SSSR count). The Bertz CT molecular complexity index is 1740. The van der Waals surface area contributed by atoms with Gasteiger partial charge >= 0.3 is 0 Å². The Morgan fingerprint density at radius 3 is 2.45 bits per heavy atom. The van der Waals surface area contributed by atoms with Crippen LogP contribution in [0.1, 0.15) is 37.3 Å². The number of fused-ring (bicyclic) bond motifs is 3. The van der Waals surface area contributed by atoms with E-state index in [4.69, 9.17) is 15.5 Å². The number of amides is 1. The lowest BCUT2D eigenvalue weighted by Crippen LogP contribution is -2.57. The van der Waals surface area contributed by atoms with Gasteiger partial charge in [0.05, 0.1) is 30.8 Å². The molecule has 3 aliphatic heterocycles. The summed E-state index contributed by atoms with van der Waals surface area (Å²) in [5.41, 5.74) is 10.9. The molecule has 3 aliphatic rings. The van der Waals surface area contributed by atoms with E-state index < -0.39 is 9.84 Å². The predicted molar refractivity (Wildman–Crippen MR) is 157 cm³/mol. The molecule has 0 spiro atoms. The van der Waals surface area contributed by atoms with E-state index in [-0.39, 0.29) is 40.7 Å². The van der Waals surface area contributed by atoms with Crippen LogP contribution < -0.4 is 11.1 Å². The molecular weight excluding hydrogens is 554 g/mol. The molecule has 42 heavy (non-hydrogen) atoms. The van der Waals surface area contributed by atoms with Crippen LogP contribution in [0.25, 0.3) is 28.0 Å². The van der Waals surface area contributed by atoms with E-state index in [1.165, 1.54) is 4.52 Å². The first kappa shape index (κ1) is 27.0. The molecule has 3 aromatic heterocycles. The van der Waals surface area contributed by atoms with Crippen LogP contribution in [0.3, 0.4) is 0 Å². The number of morpholine rings is 1. The second-order valence-electron chi connectivity index (χ2n) is 11.5. The summed E-state index contributed by atoms with van der Waals surface area (Å²) in [7, 11) is -3.73. The molecule has 2 unspecified atom stereocenters. The topological polar surface area (TPSA) is 145 Å². The third kappa shape index (κ3) is 4.63. The number of piperidine rings is 1. The number of rotatable bonds is 5. The number of benzene rings is 1. The number of anilines is 1. The molecule has 2 bridgehead atoms. The zero-order valence-electron chi connectivity index (χ0n) is 23.3. The minimum absolute atomic E-state index is 0.00995. The van der Waals surface area contributed by atoms with Gasteiger partial charge in [0.15, 0.2) is 15.5 Å². The van der Waals surface area contributed by atoms with E-state index >= 15 is 0 Å². The van der Waals surface area contributed by atoms with Crippen LogP contribution in [0.2, 0.25) is 0 Å². The molecule has 3 N–H and O–H groups in total. The van der Waals surface area contributed by atoms with Crippen LogP contribution in [0.5, 0.6) is 0 Å². The lowest BCUT2D eigenvalue weighted by Gasteiger charge is -2.41. The summed E-state index contributed by atoms with van der Waals surface area (Å²) in [4.78, 5) is 25.1. The number of hydrogen-bond donors (Lipinski definition) is 2. The standard InChI is InChI=1S/C30H33N7O4S/c1-42(39,40)27-26(20-13-21-8-9-22(14-20)36(21)30(38)25-17-41-12-11-32-25)35-29-23(16-34-37(29)28(27)31)19-7-10-24(33-15-19)18-5-3-2-4-6-18/h2-7,10,15-16,20-22,25,32H,8-9,11-14,17,31H2,1H3/t20?,21?,22?,25-/m0/s1. The number of nitrogens with zero attached hydrogens (tertiary/aromatic N) is 5. The molecule has 12 heteroatoms. The van der Waals surface area contributed by atoms with E-state index in [0.717, 1.165) is 35.9 Å². The lowest BCUT2D eigenvalue weighted by atomic mass is 9.87. The molecule has 3 fully saturated rings. The van der Waals surface area contributed by atoms with Crippen molar-refractivity contribution in [3.63, 3.8) is 0 Å². The minimum atomic E-state index is -3.73. The van der Waals surface area contributed by atoms with Gasteiger partial charge in [0.2, 0.25) is 5.91 Å². The van der Waals surface area contributed by atoms with E-state index in [9.17, 15) is 13.2 Å². The number of nitrogens with one attached hydrogen (secondary N) is 1. The average molecular weight is 588 g/mol. The Hall–Kier alpha value is -3.87. The highest BCUT2D eigenvalue weighted by molar-refractivity contribution is 7.91. The van der Waals surface area contributed by atoms with Gasteiger partial charge in [0.1, 0.15) is 16.8 Å². The van der Waals surface area contributed by atoms with Gasteiger partial charge in [-0.2, -0.15) is 9.61 Å². The van der Waals surface area contributed by atoms with Crippen molar-refractivity contribution < 1.29 is 17.9 Å². The Morgan fingerprint density at radius 1 is 1.05 bits per heavy atom. The van der Waals surface area contributed by atoms with Gasteiger partial charge in [-0.3, -0.25) is 9.78 Å². The Morgan fingerprint density at radius 2 is 1.81 bits per heavy atom. The summed E-state index contributed by atoms with van der Waals surface area (Å²) >= 11 is 0. The lowest BCUT2D eigenvalue weighted by molar-refractivity contribution is -0.141. The highest BCUT2D eigenvalue weighted by Crippen LogP contribution is 2.45. The fraction of sp³-hybridized carbons (Fsp3) is 0.400. The highest BCUT2D eigenvalue weighted by atomic mass is 32.2. The monoisotopic (exact) mass is 587 g/mol. The Labute approximate surface area is 244 Å². The van der Waals surface area contributed by atoms with E-state index in [1.54, 1.807) is 12.4 Å². The Balaban J connectivity index is 1.25. The minimum Gasteiger partial charge on any atom is -0.382 e. The third-order valence-electron chi connectivity index (χ3n) is 8.77. The van der Waals surface area contributed by atoms with Crippen LogP contribution in [0, 0.1) is 0 Å². The van der Waals surface area contributed by atoms with Crippen molar-refractivity contribution in [3.05, 3.63) is 60.6 Å². The number of sulfone groups is 1. The third-order valence-corrected chi connectivity index (χ3v) is 9.93. The summed E-state index contributed by atoms with van der Waals surface area (Å²) in [5.74, 6) is -0.0519. The number of ether oxygens (including phenoxy) is 1.